The molecule has 1 fully saturated rings. The summed E-state index contributed by atoms with van der Waals surface area (Å²) in [5.41, 5.74) is 1.07. The molecule has 1 aromatic carbocycles. The van der Waals surface area contributed by atoms with Crippen LogP contribution < -0.4 is 14.8 Å². The van der Waals surface area contributed by atoms with Gasteiger partial charge in [0.15, 0.2) is 16.2 Å². The van der Waals surface area contributed by atoms with E-state index in [0.29, 0.717) is 28.5 Å². The normalized spacial score (nSPS) is 14.2. The number of rotatable bonds is 7. The predicted molar refractivity (Wildman–Crippen MR) is 104 cm³/mol. The van der Waals surface area contributed by atoms with Crippen LogP contribution in [-0.4, -0.2) is 28.1 Å². The van der Waals surface area contributed by atoms with Crippen LogP contribution in [0.1, 0.15) is 36.9 Å². The lowest BCUT2D eigenvalue weighted by atomic mass is 10.2. The minimum atomic E-state index is -0.479. The van der Waals surface area contributed by atoms with Crippen LogP contribution in [0.2, 0.25) is 0 Å². The van der Waals surface area contributed by atoms with Crippen molar-refractivity contribution >= 4 is 27.4 Å². The molecule has 0 radical (unpaired) electrons. The van der Waals surface area contributed by atoms with Gasteiger partial charge in [-0.25, -0.2) is 4.98 Å². The highest BCUT2D eigenvalue weighted by Crippen LogP contribution is 2.33. The number of halogens is 1. The van der Waals surface area contributed by atoms with Gasteiger partial charge in [0.05, 0.1) is 18.1 Å². The van der Waals surface area contributed by atoms with E-state index in [2.05, 4.69) is 31.2 Å². The monoisotopic (exact) mass is 436 g/mol. The van der Waals surface area contributed by atoms with Gasteiger partial charge in [-0.15, -0.1) is 0 Å². The number of anilines is 1. The number of aromatic nitrogens is 2. The Labute approximate surface area is 165 Å². The molecule has 0 saturated heterocycles. The molecule has 0 amide bonds. The molecule has 0 unspecified atom stereocenters. The zero-order valence-electron chi connectivity index (χ0n) is 15.2. The first kappa shape index (κ1) is 19.3. The Hall–Kier alpha value is -2.42. The van der Waals surface area contributed by atoms with Crippen molar-refractivity contribution in [2.24, 2.45) is 0 Å². The maximum Gasteiger partial charge on any atom is 0.332 e. The second-order valence-electron chi connectivity index (χ2n) is 6.40. The first-order valence-electron chi connectivity index (χ1n) is 8.74. The quantitative estimate of drug-likeness (QED) is 0.389. The van der Waals surface area contributed by atoms with Crippen molar-refractivity contribution in [3.8, 4) is 11.5 Å². The average molecular weight is 437 g/mol. The van der Waals surface area contributed by atoms with Crippen LogP contribution in [-0.2, 0) is 6.54 Å². The Kier molecular flexibility index (Phi) is 6.10. The van der Waals surface area contributed by atoms with Gasteiger partial charge in [-0.2, -0.15) is 4.98 Å². The maximum absolute atomic E-state index is 11.3. The molecule has 0 aliphatic heterocycles. The number of nitrogens with zero attached hydrogens (tertiary/aromatic N) is 3. The average Bonchev–Trinajstić information content (AvgIpc) is 3.12. The lowest BCUT2D eigenvalue weighted by Crippen LogP contribution is -2.12. The minimum Gasteiger partial charge on any atom is -0.493 e. The summed E-state index contributed by atoms with van der Waals surface area (Å²) in [6.45, 7) is 1.94. The molecule has 9 heteroatoms. The third kappa shape index (κ3) is 4.65. The highest BCUT2D eigenvalue weighted by atomic mass is 79.9. The number of benzene rings is 1. The summed E-state index contributed by atoms with van der Waals surface area (Å²) in [4.78, 5) is 18.9. The molecule has 1 N–H and O–H groups in total. The first-order chi connectivity index (χ1) is 13.0. The molecule has 0 bridgehead atoms. The van der Waals surface area contributed by atoms with Crippen LogP contribution in [0.25, 0.3) is 0 Å². The molecule has 1 aromatic heterocycles. The third-order valence-electron chi connectivity index (χ3n) is 4.50. The van der Waals surface area contributed by atoms with E-state index in [1.807, 2.05) is 18.2 Å². The van der Waals surface area contributed by atoms with Gasteiger partial charge in [-0.1, -0.05) is 6.07 Å². The van der Waals surface area contributed by atoms with Crippen molar-refractivity contribution in [3.63, 3.8) is 0 Å². The predicted octanol–water partition coefficient (Wildman–Crippen LogP) is 4.40. The number of aryl methyl sites for hydroxylation is 1. The number of hydrogen-bond acceptors (Lipinski definition) is 7. The minimum absolute atomic E-state index is 0.130. The largest absolute Gasteiger partial charge is 0.493 e. The molecule has 1 aliphatic rings. The second kappa shape index (κ2) is 8.51. The van der Waals surface area contributed by atoms with Gasteiger partial charge in [0.2, 0.25) is 5.82 Å². The SMILES string of the molecule is COc1ccc(CNc2nc(Br)nc(C)c2[N+](=O)[O-])cc1OC1CCCC1. The number of methoxy groups -OCH3 is 1. The van der Waals surface area contributed by atoms with Crippen molar-refractivity contribution in [2.45, 2.75) is 45.3 Å². The zero-order valence-corrected chi connectivity index (χ0v) is 16.8. The van der Waals surface area contributed by atoms with E-state index < -0.39 is 4.92 Å². The van der Waals surface area contributed by atoms with E-state index in [4.69, 9.17) is 9.47 Å². The molecule has 3 rings (SSSR count). The Morgan fingerprint density at radius 2 is 2.04 bits per heavy atom. The fraction of sp³-hybridized carbons (Fsp3) is 0.444. The summed E-state index contributed by atoms with van der Waals surface area (Å²) in [6.07, 6.45) is 4.67. The maximum atomic E-state index is 11.3. The van der Waals surface area contributed by atoms with Crippen LogP contribution in [0.5, 0.6) is 11.5 Å². The van der Waals surface area contributed by atoms with Gasteiger partial charge >= 0.3 is 5.69 Å². The summed E-state index contributed by atoms with van der Waals surface area (Å²) in [7, 11) is 1.61. The van der Waals surface area contributed by atoms with E-state index in [-0.39, 0.29) is 17.6 Å². The van der Waals surface area contributed by atoms with Crippen molar-refractivity contribution < 1.29 is 14.4 Å². The van der Waals surface area contributed by atoms with Gasteiger partial charge in [0.1, 0.15) is 5.69 Å². The highest BCUT2D eigenvalue weighted by Gasteiger charge is 2.22. The lowest BCUT2D eigenvalue weighted by Gasteiger charge is -2.17. The van der Waals surface area contributed by atoms with Crippen molar-refractivity contribution in [2.75, 3.05) is 12.4 Å². The van der Waals surface area contributed by atoms with Crippen LogP contribution in [0, 0.1) is 17.0 Å². The van der Waals surface area contributed by atoms with E-state index in [9.17, 15) is 10.1 Å². The molecule has 1 heterocycles. The molecular weight excluding hydrogens is 416 g/mol. The first-order valence-corrected chi connectivity index (χ1v) is 9.53. The number of nitro groups is 1. The molecule has 1 aliphatic carbocycles. The lowest BCUT2D eigenvalue weighted by molar-refractivity contribution is -0.385. The number of hydrogen-bond donors (Lipinski definition) is 1. The third-order valence-corrected chi connectivity index (χ3v) is 4.85. The number of ether oxygens (including phenoxy) is 2. The summed E-state index contributed by atoms with van der Waals surface area (Å²) in [5.74, 6) is 1.55. The fourth-order valence-electron chi connectivity index (χ4n) is 3.17. The van der Waals surface area contributed by atoms with E-state index >= 15 is 0 Å². The summed E-state index contributed by atoms with van der Waals surface area (Å²) in [6, 6.07) is 5.64. The standard InChI is InChI=1S/C18H21BrN4O4/c1-11-16(23(24)25)17(22-18(19)21-11)20-10-12-7-8-14(26-2)15(9-12)27-13-5-3-4-6-13/h7-9,13H,3-6,10H2,1-2H3,(H,20,21,22). The van der Waals surface area contributed by atoms with Gasteiger partial charge in [-0.3, -0.25) is 10.1 Å². The van der Waals surface area contributed by atoms with E-state index in [1.54, 1.807) is 14.0 Å². The molecule has 0 atom stereocenters. The topological polar surface area (TPSA) is 99.4 Å². The van der Waals surface area contributed by atoms with Crippen molar-refractivity contribution in [1.82, 2.24) is 9.97 Å². The summed E-state index contributed by atoms with van der Waals surface area (Å²) < 4.78 is 11.8. The van der Waals surface area contributed by atoms with Crippen LogP contribution >= 0.6 is 15.9 Å². The Morgan fingerprint density at radius 1 is 1.30 bits per heavy atom. The summed E-state index contributed by atoms with van der Waals surface area (Å²) in [5, 5.41) is 14.4. The van der Waals surface area contributed by atoms with Crippen molar-refractivity contribution in [1.29, 1.82) is 0 Å². The van der Waals surface area contributed by atoms with E-state index in [0.717, 1.165) is 18.4 Å². The van der Waals surface area contributed by atoms with Crippen LogP contribution in [0.15, 0.2) is 22.9 Å². The molecule has 2 aromatic rings. The van der Waals surface area contributed by atoms with Crippen molar-refractivity contribution in [3.05, 3.63) is 44.3 Å². The Balaban J connectivity index is 1.79. The molecule has 27 heavy (non-hydrogen) atoms. The van der Waals surface area contributed by atoms with Gasteiger partial charge in [0.25, 0.3) is 0 Å². The highest BCUT2D eigenvalue weighted by molar-refractivity contribution is 9.10. The molecule has 8 nitrogen and oxygen atoms in total. The molecule has 0 spiro atoms. The fourth-order valence-corrected chi connectivity index (χ4v) is 3.61. The second-order valence-corrected chi connectivity index (χ2v) is 7.10. The zero-order chi connectivity index (χ0) is 19.4. The number of nitrogens with one attached hydrogen (secondary N) is 1. The Morgan fingerprint density at radius 3 is 2.70 bits per heavy atom. The Bertz CT molecular complexity index is 840. The van der Waals surface area contributed by atoms with Gasteiger partial charge in [0, 0.05) is 6.54 Å². The van der Waals surface area contributed by atoms with Crippen LogP contribution in [0.4, 0.5) is 11.5 Å². The smallest absolute Gasteiger partial charge is 0.332 e. The summed E-state index contributed by atoms with van der Waals surface area (Å²) >= 11 is 3.18. The van der Waals surface area contributed by atoms with E-state index in [1.165, 1.54) is 12.8 Å². The molecule has 144 valence electrons. The van der Waals surface area contributed by atoms with Crippen LogP contribution in [0.3, 0.4) is 0 Å². The van der Waals surface area contributed by atoms with Gasteiger partial charge < -0.3 is 14.8 Å². The molecule has 1 saturated carbocycles. The van der Waals surface area contributed by atoms with Gasteiger partial charge in [-0.05, 0) is 66.2 Å². The molecular formula is C18H21BrN4O4.